The van der Waals surface area contributed by atoms with Gasteiger partial charge >= 0.3 is 6.03 Å². The van der Waals surface area contributed by atoms with Crippen LogP contribution < -0.4 is 10.6 Å². The standard InChI is InChI=1S/C14H15Cl2N7O/c1-7(2)12-8(5-17-23-6-10(16)19-13(12)23)18-14(24)20-11-4-9(15)21-22(11)3/h4-7H,1-3H3,(H2,18,20,24). The number of carbonyl (C=O) groups is 1. The predicted molar refractivity (Wildman–Crippen MR) is 92.9 cm³/mol. The lowest BCUT2D eigenvalue weighted by Crippen LogP contribution is -2.22. The number of nitrogens with one attached hydrogen (secondary N) is 2. The Bertz CT molecular complexity index is 915. The zero-order valence-corrected chi connectivity index (χ0v) is 14.7. The minimum absolute atomic E-state index is 0.107. The van der Waals surface area contributed by atoms with Crippen molar-refractivity contribution in [3.63, 3.8) is 0 Å². The fourth-order valence-corrected chi connectivity index (χ4v) is 2.80. The summed E-state index contributed by atoms with van der Waals surface area (Å²) in [6, 6.07) is 1.13. The fourth-order valence-electron chi connectivity index (χ4n) is 2.41. The minimum Gasteiger partial charge on any atom is -0.306 e. The van der Waals surface area contributed by atoms with Crippen LogP contribution in [0.4, 0.5) is 16.3 Å². The van der Waals surface area contributed by atoms with Gasteiger partial charge in [-0.3, -0.25) is 10.00 Å². The summed E-state index contributed by atoms with van der Waals surface area (Å²) in [6.07, 6.45) is 3.18. The summed E-state index contributed by atoms with van der Waals surface area (Å²) in [4.78, 5) is 16.5. The molecule has 0 bridgehead atoms. The number of anilines is 2. The Labute approximate surface area is 147 Å². The number of carbonyl (C=O) groups excluding carboxylic acids is 1. The van der Waals surface area contributed by atoms with Crippen molar-refractivity contribution < 1.29 is 4.79 Å². The summed E-state index contributed by atoms with van der Waals surface area (Å²) < 4.78 is 3.06. The molecule has 0 aliphatic heterocycles. The molecule has 8 nitrogen and oxygen atoms in total. The third-order valence-corrected chi connectivity index (χ3v) is 3.78. The number of rotatable bonds is 3. The van der Waals surface area contributed by atoms with E-state index in [0.29, 0.717) is 27.5 Å². The van der Waals surface area contributed by atoms with Gasteiger partial charge in [-0.15, -0.1) is 0 Å². The fraction of sp³-hybridized carbons (Fsp3) is 0.286. The summed E-state index contributed by atoms with van der Waals surface area (Å²) in [6.45, 7) is 4.00. The number of amides is 2. The second-order valence-corrected chi connectivity index (χ2v) is 6.29. The Morgan fingerprint density at radius 3 is 2.62 bits per heavy atom. The molecule has 3 heterocycles. The topological polar surface area (TPSA) is 89.1 Å². The van der Waals surface area contributed by atoms with E-state index in [2.05, 4.69) is 25.8 Å². The molecule has 3 aromatic rings. The first-order valence-corrected chi connectivity index (χ1v) is 7.92. The average molecular weight is 368 g/mol. The molecule has 0 fully saturated rings. The van der Waals surface area contributed by atoms with Gasteiger partial charge in [-0.25, -0.2) is 14.3 Å². The molecule has 0 aromatic carbocycles. The second-order valence-electron chi connectivity index (χ2n) is 5.51. The maximum Gasteiger partial charge on any atom is 0.324 e. The molecule has 0 atom stereocenters. The number of halogens is 2. The molecular weight excluding hydrogens is 353 g/mol. The first-order chi connectivity index (χ1) is 11.3. The number of aromatic nitrogens is 5. The van der Waals surface area contributed by atoms with Crippen LogP contribution in [0, 0.1) is 0 Å². The van der Waals surface area contributed by atoms with Gasteiger partial charge < -0.3 is 5.32 Å². The molecule has 0 aliphatic carbocycles. The van der Waals surface area contributed by atoms with E-state index in [1.807, 2.05) is 13.8 Å². The summed E-state index contributed by atoms with van der Waals surface area (Å²) in [7, 11) is 1.68. The highest BCUT2D eigenvalue weighted by Gasteiger charge is 2.17. The minimum atomic E-state index is -0.430. The van der Waals surface area contributed by atoms with Crippen molar-refractivity contribution in [1.82, 2.24) is 24.4 Å². The monoisotopic (exact) mass is 367 g/mol. The number of hydrogen-bond donors (Lipinski definition) is 2. The number of aryl methyl sites for hydroxylation is 1. The molecule has 0 saturated carbocycles. The van der Waals surface area contributed by atoms with Crippen molar-refractivity contribution in [2.75, 3.05) is 10.6 Å². The summed E-state index contributed by atoms with van der Waals surface area (Å²) in [5, 5.41) is 14.3. The van der Waals surface area contributed by atoms with Crippen molar-refractivity contribution >= 4 is 46.4 Å². The van der Waals surface area contributed by atoms with Gasteiger partial charge in [0.1, 0.15) is 11.0 Å². The van der Waals surface area contributed by atoms with Gasteiger partial charge in [-0.05, 0) is 5.92 Å². The van der Waals surface area contributed by atoms with Crippen LogP contribution in [0.5, 0.6) is 0 Å². The molecule has 126 valence electrons. The molecule has 0 saturated heterocycles. The normalized spacial score (nSPS) is 11.2. The number of nitrogens with zero attached hydrogens (tertiary/aromatic N) is 5. The first-order valence-electron chi connectivity index (χ1n) is 7.16. The molecule has 2 N–H and O–H groups in total. The van der Waals surface area contributed by atoms with Crippen molar-refractivity contribution in [3.05, 3.63) is 34.3 Å². The summed E-state index contributed by atoms with van der Waals surface area (Å²) in [5.41, 5.74) is 2.01. The van der Waals surface area contributed by atoms with Crippen molar-refractivity contribution in [1.29, 1.82) is 0 Å². The Hall–Kier alpha value is -2.32. The van der Waals surface area contributed by atoms with E-state index in [0.717, 1.165) is 5.56 Å². The van der Waals surface area contributed by atoms with Crippen LogP contribution in [0.25, 0.3) is 5.65 Å². The Kier molecular flexibility index (Phi) is 4.33. The molecule has 10 heteroatoms. The smallest absolute Gasteiger partial charge is 0.306 e. The Morgan fingerprint density at radius 2 is 2.00 bits per heavy atom. The van der Waals surface area contributed by atoms with Gasteiger partial charge in [0.05, 0.1) is 18.1 Å². The number of imidazole rings is 1. The SMILES string of the molecule is CC(C)c1c(NC(=O)Nc2cc(Cl)nn2C)cnn2cc(Cl)nc12. The van der Waals surface area contributed by atoms with Gasteiger partial charge in [-0.2, -0.15) is 10.2 Å². The summed E-state index contributed by atoms with van der Waals surface area (Å²) >= 11 is 11.8. The second kappa shape index (κ2) is 6.29. The van der Waals surface area contributed by atoms with Crippen molar-refractivity contribution in [2.45, 2.75) is 19.8 Å². The van der Waals surface area contributed by atoms with E-state index in [1.54, 1.807) is 30.0 Å². The third kappa shape index (κ3) is 3.15. The zero-order chi connectivity index (χ0) is 17.4. The van der Waals surface area contributed by atoms with Crippen LogP contribution in [-0.4, -0.2) is 30.4 Å². The van der Waals surface area contributed by atoms with E-state index in [9.17, 15) is 4.79 Å². The van der Waals surface area contributed by atoms with Gasteiger partial charge in [0, 0.05) is 18.7 Å². The highest BCUT2D eigenvalue weighted by molar-refractivity contribution is 6.30. The Balaban J connectivity index is 1.90. The largest absolute Gasteiger partial charge is 0.324 e. The van der Waals surface area contributed by atoms with Crippen molar-refractivity contribution in [3.8, 4) is 0 Å². The lowest BCUT2D eigenvalue weighted by atomic mass is 10.0. The highest BCUT2D eigenvalue weighted by atomic mass is 35.5. The lowest BCUT2D eigenvalue weighted by molar-refractivity contribution is 0.262. The van der Waals surface area contributed by atoms with Crippen LogP contribution >= 0.6 is 23.2 Å². The quantitative estimate of drug-likeness (QED) is 0.740. The predicted octanol–water partition coefficient (Wildman–Crippen LogP) is 3.54. The Morgan fingerprint density at radius 1 is 1.25 bits per heavy atom. The first kappa shape index (κ1) is 16.5. The van der Waals surface area contributed by atoms with E-state index < -0.39 is 6.03 Å². The number of fused-ring (bicyclic) bond motifs is 1. The zero-order valence-electron chi connectivity index (χ0n) is 13.2. The maximum absolute atomic E-state index is 12.3. The van der Waals surface area contributed by atoms with Crippen molar-refractivity contribution in [2.24, 2.45) is 7.05 Å². The molecule has 0 aliphatic rings. The van der Waals surface area contributed by atoms with E-state index in [-0.39, 0.29) is 5.92 Å². The van der Waals surface area contributed by atoms with Crippen LogP contribution in [0.1, 0.15) is 25.3 Å². The van der Waals surface area contributed by atoms with E-state index in [4.69, 9.17) is 23.2 Å². The maximum atomic E-state index is 12.3. The van der Waals surface area contributed by atoms with Crippen LogP contribution in [0.15, 0.2) is 18.5 Å². The molecule has 0 unspecified atom stereocenters. The number of urea groups is 1. The number of hydrogen-bond acceptors (Lipinski definition) is 4. The third-order valence-electron chi connectivity index (χ3n) is 3.42. The molecule has 24 heavy (non-hydrogen) atoms. The van der Waals surface area contributed by atoms with Gasteiger partial charge in [0.15, 0.2) is 10.8 Å². The molecule has 0 radical (unpaired) electrons. The van der Waals surface area contributed by atoms with E-state index >= 15 is 0 Å². The molecule has 3 rings (SSSR count). The van der Waals surface area contributed by atoms with Gasteiger partial charge in [-0.1, -0.05) is 37.0 Å². The van der Waals surface area contributed by atoms with Crippen LogP contribution in [-0.2, 0) is 7.05 Å². The molecular formula is C14H15Cl2N7O. The summed E-state index contributed by atoms with van der Waals surface area (Å²) in [5.74, 6) is 0.580. The van der Waals surface area contributed by atoms with Gasteiger partial charge in [0.25, 0.3) is 0 Å². The molecule has 0 spiro atoms. The van der Waals surface area contributed by atoms with Crippen LogP contribution in [0.3, 0.4) is 0 Å². The average Bonchev–Trinajstić information content (AvgIpc) is 2.99. The highest BCUT2D eigenvalue weighted by Crippen LogP contribution is 2.28. The molecule has 2 amide bonds. The van der Waals surface area contributed by atoms with E-state index in [1.165, 1.54) is 4.68 Å². The van der Waals surface area contributed by atoms with Gasteiger partial charge in [0.2, 0.25) is 0 Å². The molecule has 3 aromatic heterocycles. The lowest BCUT2D eigenvalue weighted by Gasteiger charge is -2.14. The van der Waals surface area contributed by atoms with Crippen LogP contribution in [0.2, 0.25) is 10.3 Å².